The summed E-state index contributed by atoms with van der Waals surface area (Å²) in [7, 11) is 0. The second-order valence-corrected chi connectivity index (χ2v) is 9.14. The molecule has 28 heavy (non-hydrogen) atoms. The van der Waals surface area contributed by atoms with Crippen molar-refractivity contribution in [2.75, 3.05) is 19.7 Å². The van der Waals surface area contributed by atoms with Crippen LogP contribution in [0.2, 0.25) is 0 Å². The molecule has 2 N–H and O–H groups in total. The fraction of sp³-hybridized carbons (Fsp3) is 0.609. The van der Waals surface area contributed by atoms with E-state index in [0.717, 1.165) is 30.3 Å². The van der Waals surface area contributed by atoms with Gasteiger partial charge in [-0.1, -0.05) is 13.3 Å². The third-order valence-electron chi connectivity index (χ3n) is 7.42. The summed E-state index contributed by atoms with van der Waals surface area (Å²) in [6.07, 6.45) is 5.80. The Morgan fingerprint density at radius 3 is 3.04 bits per heavy atom. The summed E-state index contributed by atoms with van der Waals surface area (Å²) < 4.78 is 5.34. The summed E-state index contributed by atoms with van der Waals surface area (Å²) in [6.45, 7) is 6.12. The first kappa shape index (κ1) is 18.2. The summed E-state index contributed by atoms with van der Waals surface area (Å²) in [5, 5.41) is 11.9. The van der Waals surface area contributed by atoms with Crippen LogP contribution in [0, 0.1) is 11.8 Å². The molecule has 3 fully saturated rings. The Labute approximate surface area is 166 Å². The Balaban J connectivity index is 1.67. The molecule has 1 aromatic heterocycles. The zero-order chi connectivity index (χ0) is 19.5. The largest absolute Gasteiger partial charge is 0.427 e. The highest BCUT2D eigenvalue weighted by atomic mass is 16.5. The van der Waals surface area contributed by atoms with Crippen LogP contribution in [0.15, 0.2) is 18.2 Å². The maximum atomic E-state index is 11.4. The number of aliphatic hydroxyl groups is 1. The number of aliphatic hydroxyl groups excluding tert-OH is 1. The van der Waals surface area contributed by atoms with Crippen molar-refractivity contribution in [3.05, 3.63) is 29.5 Å². The predicted molar refractivity (Wildman–Crippen MR) is 109 cm³/mol. The Kier molecular flexibility index (Phi) is 4.29. The molecule has 0 spiro atoms. The second kappa shape index (κ2) is 6.60. The van der Waals surface area contributed by atoms with E-state index in [-0.39, 0.29) is 18.0 Å². The number of piperidine rings is 2. The molecule has 0 amide bonds. The molecule has 2 aromatic rings. The van der Waals surface area contributed by atoms with Gasteiger partial charge in [-0.15, -0.1) is 0 Å². The summed E-state index contributed by atoms with van der Waals surface area (Å²) in [5.41, 5.74) is 3.43. The highest BCUT2D eigenvalue weighted by Crippen LogP contribution is 2.54. The molecule has 5 atom stereocenters. The molecule has 5 heteroatoms. The zero-order valence-corrected chi connectivity index (χ0v) is 16.8. The normalized spacial score (nSPS) is 33.5. The fourth-order valence-electron chi connectivity index (χ4n) is 6.72. The number of esters is 1. The van der Waals surface area contributed by atoms with Gasteiger partial charge >= 0.3 is 5.97 Å². The monoisotopic (exact) mass is 382 g/mol. The highest BCUT2D eigenvalue weighted by molar-refractivity contribution is 5.87. The smallest absolute Gasteiger partial charge is 0.308 e. The van der Waals surface area contributed by atoms with Gasteiger partial charge in [0.15, 0.2) is 0 Å². The van der Waals surface area contributed by atoms with E-state index in [4.69, 9.17) is 4.74 Å². The lowest BCUT2D eigenvalue weighted by Crippen LogP contribution is -2.65. The topological polar surface area (TPSA) is 65.6 Å². The number of aromatic amines is 1. The second-order valence-electron chi connectivity index (χ2n) is 9.14. The summed E-state index contributed by atoms with van der Waals surface area (Å²) in [5.74, 6) is 1.63. The van der Waals surface area contributed by atoms with Crippen molar-refractivity contribution in [3.8, 4) is 5.75 Å². The van der Waals surface area contributed by atoms with E-state index in [2.05, 4.69) is 16.8 Å². The molecule has 1 aromatic carbocycles. The number of H-pyrrole nitrogens is 1. The average molecular weight is 383 g/mol. The van der Waals surface area contributed by atoms with E-state index < -0.39 is 0 Å². The molecular weight excluding hydrogens is 352 g/mol. The number of hydrogen-bond acceptors (Lipinski definition) is 4. The molecule has 5 unspecified atom stereocenters. The predicted octanol–water partition coefficient (Wildman–Crippen LogP) is 3.39. The highest BCUT2D eigenvalue weighted by Gasteiger charge is 2.57. The van der Waals surface area contributed by atoms with Crippen molar-refractivity contribution in [2.45, 2.75) is 57.4 Å². The quantitative estimate of drug-likeness (QED) is 0.628. The summed E-state index contributed by atoms with van der Waals surface area (Å²) in [6, 6.07) is 6.27. The molecule has 3 aliphatic heterocycles. The van der Waals surface area contributed by atoms with Gasteiger partial charge in [0.05, 0.1) is 6.61 Å². The average Bonchev–Trinajstić information content (AvgIpc) is 3.00. The molecule has 0 radical (unpaired) electrons. The number of aromatic nitrogens is 1. The van der Waals surface area contributed by atoms with Crippen LogP contribution < -0.4 is 4.74 Å². The Morgan fingerprint density at radius 2 is 2.29 bits per heavy atom. The first-order valence-electron chi connectivity index (χ1n) is 10.7. The van der Waals surface area contributed by atoms with E-state index in [1.54, 1.807) is 0 Å². The van der Waals surface area contributed by atoms with E-state index in [9.17, 15) is 9.90 Å². The number of nitrogens with zero attached hydrogens (tertiary/aromatic N) is 1. The van der Waals surface area contributed by atoms with Crippen molar-refractivity contribution >= 4 is 16.9 Å². The van der Waals surface area contributed by atoms with Crippen LogP contribution in [0.3, 0.4) is 0 Å². The standard InChI is InChI=1S/C23H30N2O3/c1-3-4-16-9-15-11-23(13-26)21-18(7-8-25(12-15)22(16)23)19-10-17(28-14(2)27)5-6-20(19)24-21/h5-6,10,15-16,22,24,26H,3-4,7-9,11-13H2,1-2H3. The number of hydrogen-bond donors (Lipinski definition) is 2. The Bertz CT molecular complexity index is 920. The van der Waals surface area contributed by atoms with Crippen LogP contribution in [-0.4, -0.2) is 46.7 Å². The van der Waals surface area contributed by atoms with Gasteiger partial charge in [-0.05, 0) is 61.3 Å². The maximum absolute atomic E-state index is 11.4. The van der Waals surface area contributed by atoms with Crippen LogP contribution >= 0.6 is 0 Å². The minimum absolute atomic E-state index is 0.196. The van der Waals surface area contributed by atoms with Gasteiger partial charge in [0.2, 0.25) is 0 Å². The van der Waals surface area contributed by atoms with Crippen molar-refractivity contribution in [3.63, 3.8) is 0 Å². The SMILES string of the molecule is CCCC1CC2CN3CCc4c([nH]c5ccc(OC(C)=O)cc45)C(CO)(C2)C13. The lowest BCUT2D eigenvalue weighted by Gasteiger charge is -2.59. The van der Waals surface area contributed by atoms with Crippen molar-refractivity contribution in [2.24, 2.45) is 11.8 Å². The fourth-order valence-corrected chi connectivity index (χ4v) is 6.72. The lowest BCUT2D eigenvalue weighted by molar-refractivity contribution is -0.131. The first-order chi connectivity index (χ1) is 13.6. The Hall–Kier alpha value is -1.85. The molecule has 1 aliphatic carbocycles. The minimum Gasteiger partial charge on any atom is -0.427 e. The number of ether oxygens (including phenoxy) is 1. The molecule has 4 bridgehead atoms. The Morgan fingerprint density at radius 1 is 1.43 bits per heavy atom. The molecule has 1 saturated carbocycles. The number of rotatable bonds is 4. The molecule has 4 aliphatic rings. The van der Waals surface area contributed by atoms with Gasteiger partial charge in [0.25, 0.3) is 0 Å². The molecule has 2 saturated heterocycles. The molecule has 6 rings (SSSR count). The molecule has 150 valence electrons. The zero-order valence-electron chi connectivity index (χ0n) is 16.8. The van der Waals surface area contributed by atoms with E-state index >= 15 is 0 Å². The van der Waals surface area contributed by atoms with Gasteiger partial charge < -0.3 is 14.8 Å². The van der Waals surface area contributed by atoms with Crippen molar-refractivity contribution in [1.29, 1.82) is 0 Å². The van der Waals surface area contributed by atoms with E-state index in [1.807, 2.05) is 18.2 Å². The lowest BCUT2D eigenvalue weighted by atomic mass is 9.56. The number of carbonyl (C=O) groups is 1. The van der Waals surface area contributed by atoms with Crippen LogP contribution in [-0.2, 0) is 16.6 Å². The number of carbonyl (C=O) groups excluding carboxylic acids is 1. The van der Waals surface area contributed by atoms with Crippen molar-refractivity contribution in [1.82, 2.24) is 9.88 Å². The van der Waals surface area contributed by atoms with Gasteiger partial charge in [-0.2, -0.15) is 0 Å². The first-order valence-corrected chi connectivity index (χ1v) is 10.7. The van der Waals surface area contributed by atoms with Crippen molar-refractivity contribution < 1.29 is 14.6 Å². The van der Waals surface area contributed by atoms with Crippen LogP contribution in [0.5, 0.6) is 5.75 Å². The number of nitrogens with one attached hydrogen (secondary N) is 1. The number of benzene rings is 1. The van der Waals surface area contributed by atoms with Crippen LogP contribution in [0.25, 0.3) is 10.9 Å². The van der Waals surface area contributed by atoms with Gasteiger partial charge in [0, 0.05) is 48.1 Å². The van der Waals surface area contributed by atoms with Gasteiger partial charge in [-0.3, -0.25) is 9.69 Å². The third-order valence-corrected chi connectivity index (χ3v) is 7.42. The van der Waals surface area contributed by atoms with Gasteiger partial charge in [-0.25, -0.2) is 0 Å². The minimum atomic E-state index is -0.297. The van der Waals surface area contributed by atoms with Gasteiger partial charge in [0.1, 0.15) is 5.75 Å². The molecule has 5 nitrogen and oxygen atoms in total. The molecule has 4 heterocycles. The molecular formula is C23H30N2O3. The van der Waals surface area contributed by atoms with E-state index in [1.165, 1.54) is 44.0 Å². The van der Waals surface area contributed by atoms with E-state index in [0.29, 0.717) is 23.6 Å². The third kappa shape index (κ3) is 2.56. The maximum Gasteiger partial charge on any atom is 0.308 e. The number of fused-ring (bicyclic) bond motifs is 4. The van der Waals surface area contributed by atoms with Crippen LogP contribution in [0.4, 0.5) is 0 Å². The van der Waals surface area contributed by atoms with Crippen LogP contribution in [0.1, 0.15) is 50.8 Å². The summed E-state index contributed by atoms with van der Waals surface area (Å²) >= 11 is 0. The summed E-state index contributed by atoms with van der Waals surface area (Å²) in [4.78, 5) is 17.8.